The molecule has 0 bridgehead atoms. The Hall–Kier alpha value is -1.15. The topological polar surface area (TPSA) is 26.3 Å². The normalized spacial score (nSPS) is 24.7. The number of aldehydes is 1. The molecule has 0 aliphatic heterocycles. The molecule has 80 valence electrons. The van der Waals surface area contributed by atoms with Gasteiger partial charge in [0.1, 0.15) is 5.60 Å². The maximum atomic E-state index is 11.3. The molecule has 2 rings (SSSR count). The fourth-order valence-corrected chi connectivity index (χ4v) is 2.48. The van der Waals surface area contributed by atoms with Crippen molar-refractivity contribution < 1.29 is 9.53 Å². The van der Waals surface area contributed by atoms with Gasteiger partial charge in [-0.2, -0.15) is 0 Å². The van der Waals surface area contributed by atoms with E-state index in [4.69, 9.17) is 4.74 Å². The summed E-state index contributed by atoms with van der Waals surface area (Å²) in [6, 6.07) is 6.10. The van der Waals surface area contributed by atoms with Crippen molar-refractivity contribution in [2.75, 3.05) is 7.11 Å². The molecule has 2 heteroatoms. The van der Waals surface area contributed by atoms with Crippen LogP contribution in [-0.2, 0) is 21.6 Å². The molecule has 15 heavy (non-hydrogen) atoms. The molecule has 1 aliphatic rings. The average molecular weight is 204 g/mol. The second-order valence-electron chi connectivity index (χ2n) is 4.17. The zero-order valence-corrected chi connectivity index (χ0v) is 9.25. The van der Waals surface area contributed by atoms with E-state index in [1.807, 2.05) is 12.1 Å². The van der Waals surface area contributed by atoms with Gasteiger partial charge in [0.25, 0.3) is 0 Å². The van der Waals surface area contributed by atoms with E-state index in [1.165, 1.54) is 11.1 Å². The number of rotatable bonds is 2. The fraction of sp³-hybridized carbons (Fsp3) is 0.462. The summed E-state index contributed by atoms with van der Waals surface area (Å²) in [5.74, 6) is 0. The van der Waals surface area contributed by atoms with Crippen LogP contribution in [0.25, 0.3) is 0 Å². The molecule has 0 saturated heterocycles. The first-order valence-corrected chi connectivity index (χ1v) is 5.34. The Morgan fingerprint density at radius 3 is 2.93 bits per heavy atom. The first kappa shape index (κ1) is 10.4. The molecular weight excluding hydrogens is 188 g/mol. The van der Waals surface area contributed by atoms with Crippen molar-refractivity contribution in [1.29, 1.82) is 0 Å². The van der Waals surface area contributed by atoms with E-state index in [-0.39, 0.29) is 0 Å². The van der Waals surface area contributed by atoms with Crippen LogP contribution in [0.4, 0.5) is 0 Å². The van der Waals surface area contributed by atoms with Gasteiger partial charge in [-0.3, -0.25) is 4.79 Å². The summed E-state index contributed by atoms with van der Waals surface area (Å²) in [5.41, 5.74) is 2.92. The van der Waals surface area contributed by atoms with Gasteiger partial charge >= 0.3 is 0 Å². The molecule has 0 radical (unpaired) electrons. The summed E-state index contributed by atoms with van der Waals surface area (Å²) in [6.45, 7) is 2.09. The number of ether oxygens (including phenoxy) is 1. The lowest BCUT2D eigenvalue weighted by molar-refractivity contribution is -0.130. The largest absolute Gasteiger partial charge is 0.366 e. The van der Waals surface area contributed by atoms with E-state index < -0.39 is 5.60 Å². The Labute approximate surface area is 90.3 Å². The molecule has 1 unspecified atom stereocenters. The van der Waals surface area contributed by atoms with Gasteiger partial charge in [-0.15, -0.1) is 0 Å². The number of hydrogen-bond donors (Lipinski definition) is 0. The second kappa shape index (κ2) is 3.78. The van der Waals surface area contributed by atoms with E-state index in [2.05, 4.69) is 13.0 Å². The van der Waals surface area contributed by atoms with Crippen molar-refractivity contribution in [1.82, 2.24) is 0 Å². The number of carbonyl (C=O) groups is 1. The lowest BCUT2D eigenvalue weighted by Gasteiger charge is -2.33. The van der Waals surface area contributed by atoms with Crippen LogP contribution in [0.5, 0.6) is 0 Å². The van der Waals surface area contributed by atoms with Crippen molar-refractivity contribution in [3.8, 4) is 0 Å². The first-order valence-electron chi connectivity index (χ1n) is 5.34. The zero-order chi connectivity index (χ0) is 10.9. The van der Waals surface area contributed by atoms with Crippen molar-refractivity contribution in [3.63, 3.8) is 0 Å². The summed E-state index contributed by atoms with van der Waals surface area (Å²) >= 11 is 0. The van der Waals surface area contributed by atoms with Crippen LogP contribution >= 0.6 is 0 Å². The summed E-state index contributed by atoms with van der Waals surface area (Å²) in [4.78, 5) is 11.3. The number of aryl methyl sites for hydroxylation is 1. The lowest BCUT2D eigenvalue weighted by atomic mass is 9.78. The minimum atomic E-state index is -0.695. The maximum Gasteiger partial charge on any atom is 0.156 e. The van der Waals surface area contributed by atoms with Crippen LogP contribution in [0.2, 0.25) is 0 Å². The Morgan fingerprint density at radius 1 is 1.47 bits per heavy atom. The molecular formula is C13H16O2. The van der Waals surface area contributed by atoms with Gasteiger partial charge in [-0.1, -0.05) is 18.2 Å². The van der Waals surface area contributed by atoms with Crippen LogP contribution in [0.3, 0.4) is 0 Å². The Morgan fingerprint density at radius 2 is 2.27 bits per heavy atom. The van der Waals surface area contributed by atoms with Gasteiger partial charge < -0.3 is 4.74 Å². The molecule has 0 spiro atoms. The maximum absolute atomic E-state index is 11.3. The monoisotopic (exact) mass is 204 g/mol. The van der Waals surface area contributed by atoms with E-state index in [0.29, 0.717) is 0 Å². The highest BCUT2D eigenvalue weighted by atomic mass is 16.5. The molecule has 0 aromatic heterocycles. The molecule has 2 nitrogen and oxygen atoms in total. The lowest BCUT2D eigenvalue weighted by Crippen LogP contribution is -2.34. The van der Waals surface area contributed by atoms with Crippen LogP contribution in [0.15, 0.2) is 18.2 Å². The molecule has 0 fully saturated rings. The minimum absolute atomic E-state index is 0.695. The van der Waals surface area contributed by atoms with Gasteiger partial charge in [-0.25, -0.2) is 0 Å². The van der Waals surface area contributed by atoms with E-state index in [0.717, 1.165) is 31.1 Å². The van der Waals surface area contributed by atoms with Crippen molar-refractivity contribution in [2.45, 2.75) is 31.8 Å². The quantitative estimate of drug-likeness (QED) is 0.691. The summed E-state index contributed by atoms with van der Waals surface area (Å²) in [5, 5.41) is 0. The van der Waals surface area contributed by atoms with Gasteiger partial charge in [0.15, 0.2) is 6.29 Å². The van der Waals surface area contributed by atoms with E-state index >= 15 is 0 Å². The molecule has 0 amide bonds. The highest BCUT2D eigenvalue weighted by molar-refractivity contribution is 5.68. The highest BCUT2D eigenvalue weighted by Crippen LogP contribution is 2.37. The Bertz CT molecular complexity index is 384. The smallest absolute Gasteiger partial charge is 0.156 e. The predicted molar refractivity (Wildman–Crippen MR) is 58.9 cm³/mol. The van der Waals surface area contributed by atoms with Crippen LogP contribution < -0.4 is 0 Å². The third-order valence-electron chi connectivity index (χ3n) is 3.40. The third kappa shape index (κ3) is 1.49. The van der Waals surface area contributed by atoms with Crippen LogP contribution in [0.1, 0.15) is 29.5 Å². The van der Waals surface area contributed by atoms with E-state index in [1.54, 1.807) is 7.11 Å². The highest BCUT2D eigenvalue weighted by Gasteiger charge is 2.36. The minimum Gasteiger partial charge on any atom is -0.366 e. The zero-order valence-electron chi connectivity index (χ0n) is 9.25. The summed E-state index contributed by atoms with van der Waals surface area (Å²) < 4.78 is 5.44. The molecule has 0 heterocycles. The van der Waals surface area contributed by atoms with Crippen LogP contribution in [0, 0.1) is 6.92 Å². The molecule has 1 atom stereocenters. The average Bonchev–Trinajstić information content (AvgIpc) is 2.29. The molecule has 1 aromatic carbocycles. The second-order valence-corrected chi connectivity index (χ2v) is 4.17. The number of fused-ring (bicyclic) bond motifs is 1. The summed E-state index contributed by atoms with van der Waals surface area (Å²) in [7, 11) is 1.62. The van der Waals surface area contributed by atoms with Gasteiger partial charge in [0.05, 0.1) is 0 Å². The van der Waals surface area contributed by atoms with Crippen molar-refractivity contribution >= 4 is 6.29 Å². The predicted octanol–water partition coefficient (Wildman–Crippen LogP) is 2.37. The molecule has 0 N–H and O–H groups in total. The number of methoxy groups -OCH3 is 1. The number of hydrogen-bond acceptors (Lipinski definition) is 2. The van der Waals surface area contributed by atoms with Gasteiger partial charge in [0, 0.05) is 7.11 Å². The van der Waals surface area contributed by atoms with E-state index in [9.17, 15) is 4.79 Å². The Balaban J connectivity index is 2.60. The first-order chi connectivity index (χ1) is 7.23. The molecule has 0 saturated carbocycles. The van der Waals surface area contributed by atoms with Crippen LogP contribution in [-0.4, -0.2) is 13.4 Å². The SMILES string of the molecule is COC1(C=O)CCCc2c(C)cccc21. The third-order valence-corrected chi connectivity index (χ3v) is 3.40. The number of carbonyl (C=O) groups excluding carboxylic acids is 1. The van der Waals surface area contributed by atoms with Crippen molar-refractivity contribution in [2.24, 2.45) is 0 Å². The standard InChI is InChI=1S/C13H16O2/c1-10-5-3-7-12-11(10)6-4-8-13(12,9-14)15-2/h3,5,7,9H,4,6,8H2,1-2H3. The summed E-state index contributed by atoms with van der Waals surface area (Å²) in [6.07, 6.45) is 3.82. The van der Waals surface area contributed by atoms with Gasteiger partial charge in [0.2, 0.25) is 0 Å². The fourth-order valence-electron chi connectivity index (χ4n) is 2.48. The molecule has 1 aliphatic carbocycles. The molecule has 1 aromatic rings. The van der Waals surface area contributed by atoms with Crippen molar-refractivity contribution in [3.05, 3.63) is 34.9 Å². The van der Waals surface area contributed by atoms with Gasteiger partial charge in [-0.05, 0) is 42.9 Å². The number of benzene rings is 1. The Kier molecular flexibility index (Phi) is 2.61.